The summed E-state index contributed by atoms with van der Waals surface area (Å²) in [6.07, 6.45) is 6.91. The molecule has 0 N–H and O–H groups in total. The summed E-state index contributed by atoms with van der Waals surface area (Å²) >= 11 is 0. The van der Waals surface area contributed by atoms with E-state index in [0.29, 0.717) is 11.8 Å². The minimum atomic E-state index is -0.272. The van der Waals surface area contributed by atoms with Crippen molar-refractivity contribution in [2.24, 2.45) is 5.92 Å². The van der Waals surface area contributed by atoms with Crippen molar-refractivity contribution in [2.75, 3.05) is 0 Å². The van der Waals surface area contributed by atoms with Crippen LogP contribution in [-0.2, 0) is 10.2 Å². The number of hydrogen-bond acceptors (Lipinski definition) is 2. The van der Waals surface area contributed by atoms with Crippen LogP contribution in [0.5, 0.6) is 5.75 Å². The number of ether oxygens (including phenoxy) is 2. The van der Waals surface area contributed by atoms with Crippen LogP contribution in [-0.4, -0.2) is 11.9 Å². The summed E-state index contributed by atoms with van der Waals surface area (Å²) in [5.74, 6) is 2.06. The van der Waals surface area contributed by atoms with Gasteiger partial charge in [-0.05, 0) is 68.7 Å². The maximum atomic E-state index is 6.51. The molecule has 1 aliphatic carbocycles. The van der Waals surface area contributed by atoms with E-state index >= 15 is 0 Å². The van der Waals surface area contributed by atoms with E-state index in [1.165, 1.54) is 43.2 Å². The second-order valence-electron chi connectivity index (χ2n) is 10.8. The third-order valence-corrected chi connectivity index (χ3v) is 6.91. The minimum absolute atomic E-state index is 0.127. The maximum Gasteiger partial charge on any atom is 0.201 e. The summed E-state index contributed by atoms with van der Waals surface area (Å²) in [6, 6.07) is 19.7. The fourth-order valence-electron chi connectivity index (χ4n) is 4.84. The van der Waals surface area contributed by atoms with Crippen molar-refractivity contribution in [1.29, 1.82) is 0 Å². The molecule has 3 rings (SSSR count). The van der Waals surface area contributed by atoms with Gasteiger partial charge in [0.25, 0.3) is 0 Å². The molecule has 2 heteroatoms. The first kappa shape index (κ1) is 23.9. The molecule has 2 aromatic carbocycles. The smallest absolute Gasteiger partial charge is 0.201 e. The van der Waals surface area contributed by atoms with E-state index in [1.807, 2.05) is 0 Å². The number of benzene rings is 2. The van der Waals surface area contributed by atoms with Gasteiger partial charge in [0.15, 0.2) is 0 Å². The van der Waals surface area contributed by atoms with Gasteiger partial charge >= 0.3 is 0 Å². The molecule has 2 unspecified atom stereocenters. The van der Waals surface area contributed by atoms with Crippen molar-refractivity contribution < 1.29 is 9.47 Å². The first-order chi connectivity index (χ1) is 14.7. The van der Waals surface area contributed by atoms with Gasteiger partial charge in [0.2, 0.25) is 6.29 Å². The summed E-state index contributed by atoms with van der Waals surface area (Å²) in [7, 11) is 0. The van der Waals surface area contributed by atoms with Gasteiger partial charge in [0.05, 0.1) is 5.60 Å². The van der Waals surface area contributed by atoms with Crippen molar-refractivity contribution in [1.82, 2.24) is 0 Å². The third kappa shape index (κ3) is 6.59. The highest BCUT2D eigenvalue weighted by Crippen LogP contribution is 2.44. The molecule has 31 heavy (non-hydrogen) atoms. The van der Waals surface area contributed by atoms with Gasteiger partial charge in [0.1, 0.15) is 5.75 Å². The van der Waals surface area contributed by atoms with E-state index in [1.54, 1.807) is 0 Å². The molecule has 0 heterocycles. The highest BCUT2D eigenvalue weighted by molar-refractivity contribution is 5.30. The Morgan fingerprint density at radius 1 is 0.839 bits per heavy atom. The van der Waals surface area contributed by atoms with E-state index in [4.69, 9.17) is 9.47 Å². The lowest BCUT2D eigenvalue weighted by Crippen LogP contribution is -2.40. The predicted octanol–water partition coefficient (Wildman–Crippen LogP) is 8.26. The lowest BCUT2D eigenvalue weighted by Gasteiger charge is -2.41. The van der Waals surface area contributed by atoms with Gasteiger partial charge in [-0.25, -0.2) is 0 Å². The third-order valence-electron chi connectivity index (χ3n) is 6.91. The van der Waals surface area contributed by atoms with E-state index in [9.17, 15) is 0 Å². The van der Waals surface area contributed by atoms with Crippen LogP contribution in [0.2, 0.25) is 0 Å². The van der Waals surface area contributed by atoms with Crippen LogP contribution < -0.4 is 4.74 Å². The van der Waals surface area contributed by atoms with E-state index in [2.05, 4.69) is 96.1 Å². The number of rotatable bonds is 8. The first-order valence-corrected chi connectivity index (χ1v) is 12.2. The Hall–Kier alpha value is -1.80. The monoisotopic (exact) mass is 422 g/mol. The molecule has 0 spiro atoms. The van der Waals surface area contributed by atoms with Crippen LogP contribution >= 0.6 is 0 Å². The minimum Gasteiger partial charge on any atom is -0.465 e. The molecule has 0 saturated heterocycles. The molecular weight excluding hydrogens is 380 g/mol. The van der Waals surface area contributed by atoms with Crippen molar-refractivity contribution in [3.8, 4) is 5.75 Å². The molecule has 0 amide bonds. The van der Waals surface area contributed by atoms with Crippen LogP contribution in [0, 0.1) is 5.92 Å². The fraction of sp³-hybridized carbons (Fsp3) is 0.586. The molecule has 2 atom stereocenters. The molecule has 0 radical (unpaired) electrons. The average molecular weight is 423 g/mol. The Bertz CT molecular complexity index is 780. The normalized spacial score (nSPS) is 18.5. The van der Waals surface area contributed by atoms with Crippen LogP contribution in [0.3, 0.4) is 0 Å². The highest BCUT2D eigenvalue weighted by Gasteiger charge is 2.38. The second-order valence-corrected chi connectivity index (χ2v) is 10.8. The zero-order valence-corrected chi connectivity index (χ0v) is 20.5. The van der Waals surface area contributed by atoms with Gasteiger partial charge in [-0.15, -0.1) is 0 Å². The Kier molecular flexibility index (Phi) is 7.86. The van der Waals surface area contributed by atoms with Crippen LogP contribution in [0.25, 0.3) is 0 Å². The van der Waals surface area contributed by atoms with Crippen LogP contribution in [0.4, 0.5) is 0 Å². The first-order valence-electron chi connectivity index (χ1n) is 12.2. The van der Waals surface area contributed by atoms with Gasteiger partial charge in [-0.3, -0.25) is 0 Å². The summed E-state index contributed by atoms with van der Waals surface area (Å²) in [5.41, 5.74) is 2.66. The zero-order chi connectivity index (χ0) is 22.5. The van der Waals surface area contributed by atoms with E-state index in [-0.39, 0.29) is 17.3 Å². The molecule has 2 aromatic rings. The lowest BCUT2D eigenvalue weighted by molar-refractivity contribution is -0.163. The largest absolute Gasteiger partial charge is 0.465 e. The second kappa shape index (κ2) is 10.2. The van der Waals surface area contributed by atoms with E-state index < -0.39 is 0 Å². The van der Waals surface area contributed by atoms with Gasteiger partial charge < -0.3 is 9.47 Å². The maximum absolute atomic E-state index is 6.51. The van der Waals surface area contributed by atoms with Gasteiger partial charge in [0, 0.05) is 11.8 Å². The Labute approximate surface area is 190 Å². The molecule has 0 aliphatic heterocycles. The summed E-state index contributed by atoms with van der Waals surface area (Å²) < 4.78 is 13.0. The topological polar surface area (TPSA) is 18.5 Å². The molecule has 1 aliphatic rings. The lowest BCUT2D eigenvalue weighted by atomic mass is 9.67. The van der Waals surface area contributed by atoms with E-state index in [0.717, 1.165) is 12.2 Å². The summed E-state index contributed by atoms with van der Waals surface area (Å²) in [6.45, 7) is 13.2. The van der Waals surface area contributed by atoms with Crippen molar-refractivity contribution in [3.05, 3.63) is 65.7 Å². The van der Waals surface area contributed by atoms with Crippen molar-refractivity contribution in [3.63, 3.8) is 0 Å². The highest BCUT2D eigenvalue weighted by atomic mass is 16.7. The SMILES string of the molecule is CC(C)C(C)c1ccc(OC(CC2(c3ccccc3)CCCCC2)OC(C)(C)C)cc1. The molecule has 2 nitrogen and oxygen atoms in total. The van der Waals surface area contributed by atoms with Crippen molar-refractivity contribution in [2.45, 2.75) is 103 Å². The molecule has 1 saturated carbocycles. The number of hydrogen-bond donors (Lipinski definition) is 0. The van der Waals surface area contributed by atoms with Gasteiger partial charge in [-0.2, -0.15) is 0 Å². The Morgan fingerprint density at radius 2 is 1.45 bits per heavy atom. The standard InChI is InChI=1S/C29H42O2/c1-22(2)23(3)24-15-17-26(18-16-24)30-27(31-28(4,5)6)21-29(19-11-8-12-20-29)25-13-9-7-10-14-25/h7,9-10,13-18,22-23,27H,8,11-12,19-21H2,1-6H3. The molecule has 0 bridgehead atoms. The van der Waals surface area contributed by atoms with Gasteiger partial charge in [-0.1, -0.05) is 82.5 Å². The average Bonchev–Trinajstić information content (AvgIpc) is 2.74. The fourth-order valence-corrected chi connectivity index (χ4v) is 4.84. The van der Waals surface area contributed by atoms with Crippen LogP contribution in [0.15, 0.2) is 54.6 Å². The Balaban J connectivity index is 1.83. The molecular formula is C29H42O2. The molecule has 0 aromatic heterocycles. The van der Waals surface area contributed by atoms with Crippen molar-refractivity contribution >= 4 is 0 Å². The summed E-state index contributed by atoms with van der Waals surface area (Å²) in [4.78, 5) is 0. The van der Waals surface area contributed by atoms with Crippen LogP contribution in [0.1, 0.15) is 97.1 Å². The predicted molar refractivity (Wildman–Crippen MR) is 131 cm³/mol. The zero-order valence-electron chi connectivity index (χ0n) is 20.5. The molecule has 1 fully saturated rings. The Morgan fingerprint density at radius 3 is 2.00 bits per heavy atom. The summed E-state index contributed by atoms with van der Waals surface area (Å²) in [5, 5.41) is 0. The quantitative estimate of drug-likeness (QED) is 0.399. The molecule has 170 valence electrons.